The Morgan fingerprint density at radius 2 is 2.00 bits per heavy atom. The first kappa shape index (κ1) is 12.1. The second-order valence-electron chi connectivity index (χ2n) is 4.33. The van der Waals surface area contributed by atoms with E-state index in [0.717, 1.165) is 27.8 Å². The van der Waals surface area contributed by atoms with Gasteiger partial charge in [-0.3, -0.25) is 0 Å². The molecule has 0 saturated heterocycles. The van der Waals surface area contributed by atoms with Crippen LogP contribution < -0.4 is 5.73 Å². The van der Waals surface area contributed by atoms with Crippen molar-refractivity contribution in [3.05, 3.63) is 64.6 Å². The van der Waals surface area contributed by atoms with Crippen LogP contribution in [-0.4, -0.2) is 14.6 Å². The van der Waals surface area contributed by atoms with Crippen molar-refractivity contribution >= 4 is 17.2 Å². The first-order chi connectivity index (χ1) is 9.26. The lowest BCUT2D eigenvalue weighted by atomic mass is 10.1. The molecule has 2 N–H and O–H groups in total. The fourth-order valence-corrected chi connectivity index (χ4v) is 2.28. The maximum absolute atomic E-state index is 5.97. The number of aromatic nitrogens is 3. The van der Waals surface area contributed by atoms with E-state index >= 15 is 0 Å². The largest absolute Gasteiger partial charge is 0.325 e. The first-order valence-corrected chi connectivity index (χ1v) is 6.42. The molecule has 5 heteroatoms. The molecule has 0 atom stereocenters. The summed E-state index contributed by atoms with van der Waals surface area (Å²) in [6.07, 6.45) is 0.659. The van der Waals surface area contributed by atoms with E-state index in [1.807, 2.05) is 42.5 Å². The van der Waals surface area contributed by atoms with Crippen LogP contribution in [0.5, 0.6) is 0 Å². The van der Waals surface area contributed by atoms with Crippen molar-refractivity contribution in [1.29, 1.82) is 0 Å². The molecule has 19 heavy (non-hydrogen) atoms. The third kappa shape index (κ3) is 2.45. The van der Waals surface area contributed by atoms with E-state index in [1.165, 1.54) is 0 Å². The molecule has 0 spiro atoms. The molecule has 96 valence electrons. The molecule has 0 aliphatic carbocycles. The maximum atomic E-state index is 5.97. The van der Waals surface area contributed by atoms with Gasteiger partial charge < -0.3 is 5.73 Å². The number of hydrogen-bond donors (Lipinski definition) is 1. The number of nitrogens with zero attached hydrogens (tertiary/aromatic N) is 3. The molecule has 3 rings (SSSR count). The van der Waals surface area contributed by atoms with Gasteiger partial charge in [-0.1, -0.05) is 29.8 Å². The van der Waals surface area contributed by atoms with E-state index in [-0.39, 0.29) is 0 Å². The Hall–Kier alpha value is -1.91. The Bertz CT molecular complexity index is 720. The smallest absolute Gasteiger partial charge is 0.156 e. The van der Waals surface area contributed by atoms with Gasteiger partial charge in [0.25, 0.3) is 0 Å². The second kappa shape index (κ2) is 4.99. The summed E-state index contributed by atoms with van der Waals surface area (Å²) in [5.74, 6) is 0.767. The van der Waals surface area contributed by atoms with Crippen LogP contribution >= 0.6 is 11.6 Å². The van der Waals surface area contributed by atoms with Crippen LogP contribution in [0.15, 0.2) is 42.5 Å². The van der Waals surface area contributed by atoms with Gasteiger partial charge in [0.2, 0.25) is 0 Å². The SMILES string of the molecule is NCc1cccc2nc(Cc3cccc(Cl)c3)nn12. The van der Waals surface area contributed by atoms with E-state index in [4.69, 9.17) is 17.3 Å². The van der Waals surface area contributed by atoms with Gasteiger partial charge in [-0.25, -0.2) is 9.50 Å². The molecular formula is C14H13ClN4. The van der Waals surface area contributed by atoms with E-state index in [2.05, 4.69) is 10.1 Å². The molecule has 4 nitrogen and oxygen atoms in total. The molecular weight excluding hydrogens is 260 g/mol. The van der Waals surface area contributed by atoms with Gasteiger partial charge in [-0.2, -0.15) is 5.10 Å². The molecule has 3 aromatic rings. The standard InChI is InChI=1S/C14H13ClN4/c15-11-4-1-3-10(7-11)8-13-17-14-6-2-5-12(9-16)19(14)18-13/h1-7H,8-9,16H2. The zero-order chi connectivity index (χ0) is 13.2. The topological polar surface area (TPSA) is 56.2 Å². The van der Waals surface area contributed by atoms with E-state index in [1.54, 1.807) is 4.52 Å². The molecule has 0 bridgehead atoms. The molecule has 0 fully saturated rings. The lowest BCUT2D eigenvalue weighted by molar-refractivity contribution is 0.826. The van der Waals surface area contributed by atoms with Crippen LogP contribution in [0.1, 0.15) is 17.1 Å². The fourth-order valence-electron chi connectivity index (χ4n) is 2.06. The van der Waals surface area contributed by atoms with Crippen molar-refractivity contribution in [2.45, 2.75) is 13.0 Å². The summed E-state index contributed by atoms with van der Waals surface area (Å²) < 4.78 is 1.79. The molecule has 0 amide bonds. The summed E-state index contributed by atoms with van der Waals surface area (Å²) >= 11 is 5.97. The summed E-state index contributed by atoms with van der Waals surface area (Å²) in [7, 11) is 0. The monoisotopic (exact) mass is 272 g/mol. The number of halogens is 1. The molecule has 0 aliphatic rings. The second-order valence-corrected chi connectivity index (χ2v) is 4.76. The van der Waals surface area contributed by atoms with Crippen LogP contribution in [0.25, 0.3) is 5.65 Å². The van der Waals surface area contributed by atoms with Gasteiger partial charge in [0.1, 0.15) is 0 Å². The normalized spacial score (nSPS) is 11.1. The van der Waals surface area contributed by atoms with Gasteiger partial charge in [-0.15, -0.1) is 0 Å². The molecule has 2 aromatic heterocycles. The molecule has 0 unspecified atom stereocenters. The Balaban J connectivity index is 1.98. The minimum atomic E-state index is 0.442. The first-order valence-electron chi connectivity index (χ1n) is 6.04. The Morgan fingerprint density at radius 3 is 2.79 bits per heavy atom. The highest BCUT2D eigenvalue weighted by Crippen LogP contribution is 2.14. The van der Waals surface area contributed by atoms with Gasteiger partial charge in [0.05, 0.1) is 5.69 Å². The highest BCUT2D eigenvalue weighted by Gasteiger charge is 2.07. The number of rotatable bonds is 3. The van der Waals surface area contributed by atoms with Crippen molar-refractivity contribution < 1.29 is 0 Å². The van der Waals surface area contributed by atoms with Crippen LogP contribution in [-0.2, 0) is 13.0 Å². The lowest BCUT2D eigenvalue weighted by Gasteiger charge is -1.99. The minimum Gasteiger partial charge on any atom is -0.325 e. The van der Waals surface area contributed by atoms with Crippen molar-refractivity contribution in [3.8, 4) is 0 Å². The van der Waals surface area contributed by atoms with Crippen LogP contribution in [0.3, 0.4) is 0 Å². The maximum Gasteiger partial charge on any atom is 0.156 e. The summed E-state index contributed by atoms with van der Waals surface area (Å²) in [6, 6.07) is 13.5. The minimum absolute atomic E-state index is 0.442. The molecule has 1 aromatic carbocycles. The van der Waals surface area contributed by atoms with Crippen LogP contribution in [0, 0.1) is 0 Å². The van der Waals surface area contributed by atoms with Gasteiger partial charge in [0, 0.05) is 18.0 Å². The number of benzene rings is 1. The Kier molecular flexibility index (Phi) is 3.19. The van der Waals surface area contributed by atoms with Gasteiger partial charge in [0.15, 0.2) is 11.5 Å². The summed E-state index contributed by atoms with van der Waals surface area (Å²) in [4.78, 5) is 4.50. The van der Waals surface area contributed by atoms with Gasteiger partial charge >= 0.3 is 0 Å². The average molecular weight is 273 g/mol. The summed E-state index contributed by atoms with van der Waals surface area (Å²) in [5, 5.41) is 5.22. The molecule has 0 radical (unpaired) electrons. The van der Waals surface area contributed by atoms with Crippen molar-refractivity contribution in [2.75, 3.05) is 0 Å². The highest BCUT2D eigenvalue weighted by molar-refractivity contribution is 6.30. The Morgan fingerprint density at radius 1 is 1.16 bits per heavy atom. The zero-order valence-corrected chi connectivity index (χ0v) is 11.0. The average Bonchev–Trinajstić information content (AvgIpc) is 2.80. The highest BCUT2D eigenvalue weighted by atomic mass is 35.5. The number of pyridine rings is 1. The van der Waals surface area contributed by atoms with E-state index < -0.39 is 0 Å². The number of nitrogens with two attached hydrogens (primary N) is 1. The predicted molar refractivity (Wildman–Crippen MR) is 75.1 cm³/mol. The van der Waals surface area contributed by atoms with E-state index in [9.17, 15) is 0 Å². The fraction of sp³-hybridized carbons (Fsp3) is 0.143. The van der Waals surface area contributed by atoms with E-state index in [0.29, 0.717) is 13.0 Å². The van der Waals surface area contributed by atoms with Crippen molar-refractivity contribution in [3.63, 3.8) is 0 Å². The molecule has 2 heterocycles. The number of fused-ring (bicyclic) bond motifs is 1. The molecule has 0 saturated carbocycles. The predicted octanol–water partition coefficient (Wildman–Crippen LogP) is 2.43. The third-order valence-electron chi connectivity index (χ3n) is 2.94. The molecule has 0 aliphatic heterocycles. The Labute approximate surface area is 115 Å². The third-order valence-corrected chi connectivity index (χ3v) is 3.18. The number of hydrogen-bond acceptors (Lipinski definition) is 3. The summed E-state index contributed by atoms with van der Waals surface area (Å²) in [6.45, 7) is 0.442. The van der Waals surface area contributed by atoms with Gasteiger partial charge in [-0.05, 0) is 29.8 Å². The lowest BCUT2D eigenvalue weighted by Crippen LogP contribution is -2.04. The van der Waals surface area contributed by atoms with Crippen molar-refractivity contribution in [1.82, 2.24) is 14.6 Å². The van der Waals surface area contributed by atoms with Crippen LogP contribution in [0.4, 0.5) is 0 Å². The summed E-state index contributed by atoms with van der Waals surface area (Å²) in [5.41, 5.74) is 8.55. The van der Waals surface area contributed by atoms with Crippen LogP contribution in [0.2, 0.25) is 5.02 Å². The van der Waals surface area contributed by atoms with Crippen molar-refractivity contribution in [2.24, 2.45) is 5.73 Å². The zero-order valence-electron chi connectivity index (χ0n) is 10.3. The quantitative estimate of drug-likeness (QED) is 0.797.